The molecule has 0 radical (unpaired) electrons. The van der Waals surface area contributed by atoms with Gasteiger partial charge in [0, 0.05) is 0 Å². The molecule has 3 aliphatic rings. The Morgan fingerprint density at radius 3 is 2.36 bits per heavy atom. The van der Waals surface area contributed by atoms with Crippen molar-refractivity contribution in [3.05, 3.63) is 0 Å². The molecular formula is C14H26. The van der Waals surface area contributed by atoms with Gasteiger partial charge in [-0.1, -0.05) is 41.0 Å². The molecule has 14 heavy (non-hydrogen) atoms. The molecule has 0 aromatic rings. The summed E-state index contributed by atoms with van der Waals surface area (Å²) in [5, 5.41) is 0. The van der Waals surface area contributed by atoms with Crippen molar-refractivity contribution >= 4 is 0 Å². The second-order valence-electron chi connectivity index (χ2n) is 6.19. The highest BCUT2D eigenvalue weighted by Crippen LogP contribution is 2.67. The zero-order valence-electron chi connectivity index (χ0n) is 10.5. The van der Waals surface area contributed by atoms with Gasteiger partial charge < -0.3 is 0 Å². The van der Waals surface area contributed by atoms with E-state index in [-0.39, 0.29) is 0 Å². The summed E-state index contributed by atoms with van der Waals surface area (Å²) in [5.41, 5.74) is 0.728. The van der Waals surface area contributed by atoms with E-state index in [1.165, 1.54) is 19.3 Å². The lowest BCUT2D eigenvalue weighted by Crippen LogP contribution is -2.60. The summed E-state index contributed by atoms with van der Waals surface area (Å²) in [6, 6.07) is 0. The fraction of sp³-hybridized carbons (Fsp3) is 1.00. The lowest BCUT2D eigenvalue weighted by Gasteiger charge is -2.67. The lowest BCUT2D eigenvalue weighted by molar-refractivity contribution is -0.183. The SMILES string of the molecule is CCC(C)C12CC(C(C)CC1C)C2C. The molecule has 2 bridgehead atoms. The molecule has 3 rings (SSSR count). The summed E-state index contributed by atoms with van der Waals surface area (Å²) >= 11 is 0. The predicted molar refractivity (Wildman–Crippen MR) is 62.1 cm³/mol. The number of rotatable bonds is 2. The first kappa shape index (κ1) is 10.5. The van der Waals surface area contributed by atoms with Crippen LogP contribution in [0.1, 0.15) is 53.9 Å². The van der Waals surface area contributed by atoms with Crippen LogP contribution in [0, 0.1) is 35.0 Å². The van der Waals surface area contributed by atoms with Crippen LogP contribution in [0.25, 0.3) is 0 Å². The average molecular weight is 194 g/mol. The molecular weight excluding hydrogens is 168 g/mol. The molecule has 3 aliphatic carbocycles. The second-order valence-corrected chi connectivity index (χ2v) is 6.19. The first-order valence-corrected chi connectivity index (χ1v) is 6.54. The zero-order valence-corrected chi connectivity index (χ0v) is 10.5. The molecule has 0 nitrogen and oxygen atoms in total. The van der Waals surface area contributed by atoms with Gasteiger partial charge in [0.05, 0.1) is 0 Å². The predicted octanol–water partition coefficient (Wildman–Crippen LogP) is 4.35. The Morgan fingerprint density at radius 1 is 1.29 bits per heavy atom. The molecule has 0 aromatic carbocycles. The largest absolute Gasteiger partial charge is 0.0651 e. The van der Waals surface area contributed by atoms with Crippen LogP contribution in [0.15, 0.2) is 0 Å². The van der Waals surface area contributed by atoms with Gasteiger partial charge in [-0.05, 0) is 47.8 Å². The third-order valence-electron chi connectivity index (χ3n) is 5.98. The Bertz CT molecular complexity index is 214. The Labute approximate surface area is 89.5 Å². The molecule has 0 N–H and O–H groups in total. The van der Waals surface area contributed by atoms with Crippen molar-refractivity contribution in [3.8, 4) is 0 Å². The summed E-state index contributed by atoms with van der Waals surface area (Å²) in [7, 11) is 0. The van der Waals surface area contributed by atoms with E-state index in [1.807, 2.05) is 0 Å². The van der Waals surface area contributed by atoms with Crippen molar-refractivity contribution in [2.45, 2.75) is 53.9 Å². The van der Waals surface area contributed by atoms with Crippen LogP contribution < -0.4 is 0 Å². The quantitative estimate of drug-likeness (QED) is 0.613. The molecule has 0 heterocycles. The summed E-state index contributed by atoms with van der Waals surface area (Å²) in [4.78, 5) is 0. The van der Waals surface area contributed by atoms with Crippen LogP contribution in [0.2, 0.25) is 0 Å². The minimum absolute atomic E-state index is 0.728. The van der Waals surface area contributed by atoms with Gasteiger partial charge in [0.1, 0.15) is 0 Å². The van der Waals surface area contributed by atoms with Crippen LogP contribution in [0.5, 0.6) is 0 Å². The van der Waals surface area contributed by atoms with E-state index < -0.39 is 0 Å². The number of hydrogen-bond donors (Lipinski definition) is 0. The number of fused-ring (bicyclic) bond motifs is 2. The maximum absolute atomic E-state index is 2.52. The first-order valence-electron chi connectivity index (χ1n) is 6.54. The Balaban J connectivity index is 2.21. The van der Waals surface area contributed by atoms with Crippen molar-refractivity contribution in [1.82, 2.24) is 0 Å². The second kappa shape index (κ2) is 3.25. The summed E-state index contributed by atoms with van der Waals surface area (Å²) in [5.74, 6) is 4.95. The van der Waals surface area contributed by atoms with Gasteiger partial charge in [-0.15, -0.1) is 0 Å². The van der Waals surface area contributed by atoms with Gasteiger partial charge in [0.15, 0.2) is 0 Å². The van der Waals surface area contributed by atoms with Crippen molar-refractivity contribution in [2.75, 3.05) is 0 Å². The Morgan fingerprint density at radius 2 is 1.93 bits per heavy atom. The number of hydrogen-bond acceptors (Lipinski definition) is 0. The molecule has 3 fully saturated rings. The monoisotopic (exact) mass is 194 g/mol. The summed E-state index contributed by atoms with van der Waals surface area (Å²) in [6.45, 7) is 12.3. The minimum atomic E-state index is 0.728. The van der Waals surface area contributed by atoms with Crippen LogP contribution >= 0.6 is 0 Å². The first-order chi connectivity index (χ1) is 6.54. The Hall–Kier alpha value is 0. The maximum atomic E-state index is 2.52. The topological polar surface area (TPSA) is 0 Å². The molecule has 0 saturated heterocycles. The van der Waals surface area contributed by atoms with Crippen LogP contribution in [0.3, 0.4) is 0 Å². The molecule has 82 valence electrons. The molecule has 0 aliphatic heterocycles. The molecule has 0 spiro atoms. The van der Waals surface area contributed by atoms with Gasteiger partial charge in [0.25, 0.3) is 0 Å². The van der Waals surface area contributed by atoms with Gasteiger partial charge in [0.2, 0.25) is 0 Å². The highest BCUT2D eigenvalue weighted by molar-refractivity contribution is 5.09. The van der Waals surface area contributed by atoms with Crippen LogP contribution in [-0.4, -0.2) is 0 Å². The lowest BCUT2D eigenvalue weighted by atomic mass is 9.38. The third-order valence-corrected chi connectivity index (χ3v) is 5.98. The van der Waals surface area contributed by atoms with Crippen molar-refractivity contribution < 1.29 is 0 Å². The molecule has 0 heteroatoms. The van der Waals surface area contributed by atoms with Gasteiger partial charge >= 0.3 is 0 Å². The Kier molecular flexibility index (Phi) is 2.44. The third kappa shape index (κ3) is 1.06. The molecule has 0 aromatic heterocycles. The van der Waals surface area contributed by atoms with E-state index in [0.29, 0.717) is 0 Å². The molecule has 6 unspecified atom stereocenters. The van der Waals surface area contributed by atoms with Crippen LogP contribution in [0.4, 0.5) is 0 Å². The molecule has 6 atom stereocenters. The normalized spacial score (nSPS) is 53.8. The van der Waals surface area contributed by atoms with Gasteiger partial charge in [-0.3, -0.25) is 0 Å². The molecule has 3 saturated carbocycles. The fourth-order valence-corrected chi connectivity index (χ4v) is 4.82. The van der Waals surface area contributed by atoms with E-state index in [9.17, 15) is 0 Å². The van der Waals surface area contributed by atoms with Crippen molar-refractivity contribution in [2.24, 2.45) is 35.0 Å². The fourth-order valence-electron chi connectivity index (χ4n) is 4.82. The smallest absolute Gasteiger partial charge is 0.0215 e. The van der Waals surface area contributed by atoms with E-state index in [1.54, 1.807) is 0 Å². The minimum Gasteiger partial charge on any atom is -0.0651 e. The van der Waals surface area contributed by atoms with Gasteiger partial charge in [-0.2, -0.15) is 0 Å². The summed E-state index contributed by atoms with van der Waals surface area (Å²) in [6.07, 6.45) is 4.39. The molecule has 0 amide bonds. The van der Waals surface area contributed by atoms with E-state index in [2.05, 4.69) is 34.6 Å². The maximum Gasteiger partial charge on any atom is -0.0215 e. The van der Waals surface area contributed by atoms with Crippen molar-refractivity contribution in [3.63, 3.8) is 0 Å². The van der Waals surface area contributed by atoms with Crippen molar-refractivity contribution in [1.29, 1.82) is 0 Å². The van der Waals surface area contributed by atoms with E-state index in [4.69, 9.17) is 0 Å². The highest BCUT2D eigenvalue weighted by Gasteiger charge is 2.60. The van der Waals surface area contributed by atoms with Gasteiger partial charge in [-0.25, -0.2) is 0 Å². The van der Waals surface area contributed by atoms with E-state index in [0.717, 1.165) is 35.0 Å². The highest BCUT2D eigenvalue weighted by atomic mass is 14.7. The average Bonchev–Trinajstić information content (AvgIpc) is 2.14. The summed E-state index contributed by atoms with van der Waals surface area (Å²) < 4.78 is 0. The van der Waals surface area contributed by atoms with E-state index >= 15 is 0 Å². The van der Waals surface area contributed by atoms with Crippen LogP contribution in [-0.2, 0) is 0 Å². The zero-order chi connectivity index (χ0) is 10.5. The standard InChI is InChI=1S/C14H26/c1-6-10(3)14-8-13(12(14)5)9(2)7-11(14)4/h9-13H,6-8H2,1-5H3.